The molecule has 1 N–H and O–H groups in total. The van der Waals surface area contributed by atoms with Crippen molar-refractivity contribution in [3.63, 3.8) is 0 Å². The van der Waals surface area contributed by atoms with Crippen LogP contribution in [-0.4, -0.2) is 5.91 Å². The van der Waals surface area contributed by atoms with Crippen LogP contribution >= 0.6 is 39.1 Å². The quantitative estimate of drug-likeness (QED) is 0.773. The molecule has 0 fully saturated rings. The highest BCUT2D eigenvalue weighted by Gasteiger charge is 2.09. The van der Waals surface area contributed by atoms with Gasteiger partial charge < -0.3 is 5.32 Å². The van der Waals surface area contributed by atoms with Crippen molar-refractivity contribution in [3.8, 4) is 0 Å². The Labute approximate surface area is 129 Å². The van der Waals surface area contributed by atoms with E-state index in [9.17, 15) is 4.79 Å². The zero-order chi connectivity index (χ0) is 14.0. The lowest BCUT2D eigenvalue weighted by Crippen LogP contribution is -2.12. The molecule has 0 radical (unpaired) electrons. The molecule has 2 aromatic carbocycles. The second-order valence-electron chi connectivity index (χ2n) is 4.07. The molecular weight excluding hydrogens is 349 g/mol. The molecule has 0 aromatic heterocycles. The van der Waals surface area contributed by atoms with Crippen molar-refractivity contribution in [3.05, 3.63) is 62.0 Å². The summed E-state index contributed by atoms with van der Waals surface area (Å²) < 4.78 is 0.966. The third-order valence-electron chi connectivity index (χ3n) is 2.56. The SMILES string of the molecule is Cc1cc(Br)ccc1NC(=O)c1cc(Cl)cc(Cl)c1. The monoisotopic (exact) mass is 357 g/mol. The topological polar surface area (TPSA) is 29.1 Å². The first-order valence-corrected chi connectivity index (χ1v) is 7.04. The molecule has 0 atom stereocenters. The zero-order valence-electron chi connectivity index (χ0n) is 10.0. The van der Waals surface area contributed by atoms with Gasteiger partial charge in [0.1, 0.15) is 0 Å². The molecule has 0 saturated carbocycles. The Morgan fingerprint density at radius 1 is 1.11 bits per heavy atom. The van der Waals surface area contributed by atoms with Crippen LogP contribution in [0, 0.1) is 6.92 Å². The van der Waals surface area contributed by atoms with Gasteiger partial charge in [-0.2, -0.15) is 0 Å². The number of carbonyl (C=O) groups is 1. The summed E-state index contributed by atoms with van der Waals surface area (Å²) in [5.41, 5.74) is 2.15. The minimum atomic E-state index is -0.241. The van der Waals surface area contributed by atoms with Crippen LogP contribution in [0.25, 0.3) is 0 Å². The summed E-state index contributed by atoms with van der Waals surface area (Å²) >= 11 is 15.1. The van der Waals surface area contributed by atoms with E-state index >= 15 is 0 Å². The Morgan fingerprint density at radius 3 is 2.32 bits per heavy atom. The molecule has 0 aliphatic heterocycles. The minimum Gasteiger partial charge on any atom is -0.322 e. The second-order valence-corrected chi connectivity index (χ2v) is 5.86. The molecule has 5 heteroatoms. The number of aryl methyl sites for hydroxylation is 1. The lowest BCUT2D eigenvalue weighted by atomic mass is 10.1. The van der Waals surface area contributed by atoms with Crippen LogP contribution in [0.3, 0.4) is 0 Å². The summed E-state index contributed by atoms with van der Waals surface area (Å²) in [4.78, 5) is 12.1. The molecular formula is C14H10BrCl2NO. The Morgan fingerprint density at radius 2 is 1.74 bits per heavy atom. The van der Waals surface area contributed by atoms with E-state index in [1.54, 1.807) is 18.2 Å². The summed E-state index contributed by atoms with van der Waals surface area (Å²) in [5.74, 6) is -0.241. The van der Waals surface area contributed by atoms with E-state index in [1.165, 1.54) is 0 Å². The molecule has 0 spiro atoms. The van der Waals surface area contributed by atoms with Crippen LogP contribution in [0.5, 0.6) is 0 Å². The van der Waals surface area contributed by atoms with Crippen molar-refractivity contribution < 1.29 is 4.79 Å². The third kappa shape index (κ3) is 3.72. The molecule has 0 bridgehead atoms. The van der Waals surface area contributed by atoms with Gasteiger partial charge in [0, 0.05) is 25.8 Å². The smallest absolute Gasteiger partial charge is 0.255 e. The molecule has 2 aromatic rings. The number of amides is 1. The lowest BCUT2D eigenvalue weighted by Gasteiger charge is -2.09. The lowest BCUT2D eigenvalue weighted by molar-refractivity contribution is 0.102. The molecule has 98 valence electrons. The molecule has 2 nitrogen and oxygen atoms in total. The highest BCUT2D eigenvalue weighted by atomic mass is 79.9. The van der Waals surface area contributed by atoms with Gasteiger partial charge >= 0.3 is 0 Å². The fraction of sp³-hybridized carbons (Fsp3) is 0.0714. The Kier molecular flexibility index (Phi) is 4.50. The van der Waals surface area contributed by atoms with Gasteiger partial charge in [0.2, 0.25) is 0 Å². The summed E-state index contributed by atoms with van der Waals surface area (Å²) in [6.07, 6.45) is 0. The summed E-state index contributed by atoms with van der Waals surface area (Å²) in [5, 5.41) is 3.70. The van der Waals surface area contributed by atoms with Gasteiger partial charge in [0.25, 0.3) is 5.91 Å². The van der Waals surface area contributed by atoms with Crippen LogP contribution in [-0.2, 0) is 0 Å². The Balaban J connectivity index is 2.25. The molecule has 0 aliphatic rings. The highest BCUT2D eigenvalue weighted by Crippen LogP contribution is 2.23. The van der Waals surface area contributed by atoms with E-state index in [2.05, 4.69) is 21.2 Å². The number of hydrogen-bond acceptors (Lipinski definition) is 1. The Hall–Kier alpha value is -1.03. The molecule has 0 saturated heterocycles. The van der Waals surface area contributed by atoms with Crippen LogP contribution in [0.4, 0.5) is 5.69 Å². The number of anilines is 1. The average Bonchev–Trinajstić information content (AvgIpc) is 2.31. The molecule has 0 heterocycles. The molecule has 19 heavy (non-hydrogen) atoms. The van der Waals surface area contributed by atoms with Crippen LogP contribution in [0.2, 0.25) is 10.0 Å². The number of nitrogens with one attached hydrogen (secondary N) is 1. The molecule has 0 aliphatic carbocycles. The van der Waals surface area contributed by atoms with E-state index < -0.39 is 0 Å². The largest absolute Gasteiger partial charge is 0.322 e. The van der Waals surface area contributed by atoms with Gasteiger partial charge in [-0.05, 0) is 48.9 Å². The number of carbonyl (C=O) groups excluding carboxylic acids is 1. The maximum absolute atomic E-state index is 12.1. The van der Waals surface area contributed by atoms with Crippen molar-refractivity contribution >= 4 is 50.7 Å². The fourth-order valence-electron chi connectivity index (χ4n) is 1.65. The maximum Gasteiger partial charge on any atom is 0.255 e. The first-order valence-electron chi connectivity index (χ1n) is 5.49. The predicted molar refractivity (Wildman–Crippen MR) is 83.3 cm³/mol. The Bertz CT molecular complexity index is 623. The van der Waals surface area contributed by atoms with Gasteiger partial charge in [-0.3, -0.25) is 4.79 Å². The standard InChI is InChI=1S/C14H10BrCl2NO/c1-8-4-10(15)2-3-13(8)18-14(19)9-5-11(16)7-12(17)6-9/h2-7H,1H3,(H,18,19). The van der Waals surface area contributed by atoms with Gasteiger partial charge in [-0.1, -0.05) is 39.1 Å². The van der Waals surface area contributed by atoms with Gasteiger partial charge in [-0.25, -0.2) is 0 Å². The van der Waals surface area contributed by atoms with Gasteiger partial charge in [0.05, 0.1) is 0 Å². The van der Waals surface area contributed by atoms with Gasteiger partial charge in [-0.15, -0.1) is 0 Å². The summed E-state index contributed by atoms with van der Waals surface area (Å²) in [6, 6.07) is 10.4. The zero-order valence-corrected chi connectivity index (χ0v) is 13.1. The van der Waals surface area contributed by atoms with E-state index in [4.69, 9.17) is 23.2 Å². The third-order valence-corrected chi connectivity index (χ3v) is 3.49. The first kappa shape index (κ1) is 14.4. The normalized spacial score (nSPS) is 10.3. The van der Waals surface area contributed by atoms with E-state index in [1.807, 2.05) is 25.1 Å². The second kappa shape index (κ2) is 5.95. The fourth-order valence-corrected chi connectivity index (χ4v) is 2.65. The van der Waals surface area contributed by atoms with Crippen molar-refractivity contribution in [1.82, 2.24) is 0 Å². The highest BCUT2D eigenvalue weighted by molar-refractivity contribution is 9.10. The first-order chi connectivity index (χ1) is 8.95. The van der Waals surface area contributed by atoms with Crippen molar-refractivity contribution in [2.24, 2.45) is 0 Å². The van der Waals surface area contributed by atoms with Gasteiger partial charge in [0.15, 0.2) is 0 Å². The van der Waals surface area contributed by atoms with Crippen LogP contribution < -0.4 is 5.32 Å². The minimum absolute atomic E-state index is 0.241. The summed E-state index contributed by atoms with van der Waals surface area (Å²) in [6.45, 7) is 1.92. The van der Waals surface area contributed by atoms with Crippen LogP contribution in [0.1, 0.15) is 15.9 Å². The molecule has 0 unspecified atom stereocenters. The van der Waals surface area contributed by atoms with E-state index in [-0.39, 0.29) is 5.91 Å². The number of rotatable bonds is 2. The van der Waals surface area contributed by atoms with E-state index in [0.29, 0.717) is 15.6 Å². The van der Waals surface area contributed by atoms with Crippen molar-refractivity contribution in [2.45, 2.75) is 6.92 Å². The van der Waals surface area contributed by atoms with Crippen LogP contribution in [0.15, 0.2) is 40.9 Å². The number of benzene rings is 2. The van der Waals surface area contributed by atoms with Crippen molar-refractivity contribution in [2.75, 3.05) is 5.32 Å². The average molecular weight is 359 g/mol. The van der Waals surface area contributed by atoms with E-state index in [0.717, 1.165) is 15.7 Å². The van der Waals surface area contributed by atoms with Crippen molar-refractivity contribution in [1.29, 1.82) is 0 Å². The predicted octanol–water partition coefficient (Wildman–Crippen LogP) is 5.32. The maximum atomic E-state index is 12.1. The molecule has 1 amide bonds. The number of hydrogen-bond donors (Lipinski definition) is 1. The molecule has 2 rings (SSSR count). The summed E-state index contributed by atoms with van der Waals surface area (Å²) in [7, 11) is 0. The number of halogens is 3.